The molecule has 0 aliphatic carbocycles. The first kappa shape index (κ1) is 14.5. The molecule has 0 aliphatic rings. The number of benzene rings is 1. The number of carboxylic acid groups (broad SMARTS) is 1. The summed E-state index contributed by atoms with van der Waals surface area (Å²) in [5.41, 5.74) is 1.60. The van der Waals surface area contributed by atoms with Gasteiger partial charge in [0.05, 0.1) is 11.2 Å². The Morgan fingerprint density at radius 3 is 2.95 bits per heavy atom. The molecule has 1 N–H and O–H groups in total. The van der Waals surface area contributed by atoms with Crippen molar-refractivity contribution in [3.63, 3.8) is 0 Å². The Morgan fingerprint density at radius 1 is 1.41 bits per heavy atom. The third-order valence-electron chi connectivity index (χ3n) is 3.47. The zero-order valence-corrected chi connectivity index (χ0v) is 12.7. The van der Waals surface area contributed by atoms with Crippen LogP contribution in [0.3, 0.4) is 0 Å². The molecule has 8 heteroatoms. The predicted molar refractivity (Wildman–Crippen MR) is 83.6 cm³/mol. The van der Waals surface area contributed by atoms with Gasteiger partial charge in [-0.2, -0.15) is 4.52 Å². The number of rotatable bonds is 4. The summed E-state index contributed by atoms with van der Waals surface area (Å²) in [4.78, 5) is 12.9. The van der Waals surface area contributed by atoms with E-state index < -0.39 is 6.09 Å². The Hall–Kier alpha value is -2.41. The highest BCUT2D eigenvalue weighted by atomic mass is 35.5. The van der Waals surface area contributed by atoms with Crippen LogP contribution in [-0.2, 0) is 0 Å². The van der Waals surface area contributed by atoms with Crippen molar-refractivity contribution < 1.29 is 9.90 Å². The van der Waals surface area contributed by atoms with Crippen molar-refractivity contribution in [2.75, 3.05) is 11.4 Å². The zero-order chi connectivity index (χ0) is 15.7. The summed E-state index contributed by atoms with van der Waals surface area (Å²) < 4.78 is 1.51. The highest BCUT2D eigenvalue weighted by Crippen LogP contribution is 2.28. The number of fused-ring (bicyclic) bond motifs is 3. The van der Waals surface area contributed by atoms with Gasteiger partial charge in [0.1, 0.15) is 0 Å². The lowest BCUT2D eigenvalue weighted by Gasteiger charge is -2.19. The molecule has 22 heavy (non-hydrogen) atoms. The Morgan fingerprint density at radius 2 is 2.23 bits per heavy atom. The maximum atomic E-state index is 11.6. The second-order valence-electron chi connectivity index (χ2n) is 4.93. The monoisotopic (exact) mass is 319 g/mol. The smallest absolute Gasteiger partial charge is 0.411 e. The molecule has 1 aromatic carbocycles. The van der Waals surface area contributed by atoms with Crippen molar-refractivity contribution in [2.45, 2.75) is 19.8 Å². The standard InChI is InChI=1S/C14H14ClN5O2/c1-2-3-6-19(14(21)22)12-7-9-4-5-10(15)8-11(9)20-13(12)16-17-18-20/h4-5,7-8H,2-3,6H2,1H3,(H,21,22). The number of tetrazole rings is 1. The second-order valence-corrected chi connectivity index (χ2v) is 5.37. The zero-order valence-electron chi connectivity index (χ0n) is 11.9. The number of pyridine rings is 1. The van der Waals surface area contributed by atoms with Gasteiger partial charge in [-0.3, -0.25) is 4.90 Å². The van der Waals surface area contributed by atoms with E-state index in [1.54, 1.807) is 18.2 Å². The summed E-state index contributed by atoms with van der Waals surface area (Å²) >= 11 is 6.02. The van der Waals surface area contributed by atoms with Crippen LogP contribution in [0, 0.1) is 0 Å². The maximum absolute atomic E-state index is 11.6. The van der Waals surface area contributed by atoms with Gasteiger partial charge >= 0.3 is 6.09 Å². The van der Waals surface area contributed by atoms with Gasteiger partial charge in [0.25, 0.3) is 0 Å². The molecule has 0 saturated heterocycles. The molecule has 7 nitrogen and oxygen atoms in total. The number of carbonyl (C=O) groups is 1. The van der Waals surface area contributed by atoms with E-state index in [0.29, 0.717) is 22.9 Å². The number of aromatic nitrogens is 4. The molecule has 2 heterocycles. The van der Waals surface area contributed by atoms with Crippen LogP contribution in [0.1, 0.15) is 19.8 Å². The van der Waals surface area contributed by atoms with Gasteiger partial charge in [0, 0.05) is 17.0 Å². The molecule has 0 bridgehead atoms. The first-order chi connectivity index (χ1) is 10.6. The van der Waals surface area contributed by atoms with Crippen LogP contribution in [-0.4, -0.2) is 37.8 Å². The minimum Gasteiger partial charge on any atom is -0.465 e. The number of nitrogens with zero attached hydrogens (tertiary/aromatic N) is 5. The third-order valence-corrected chi connectivity index (χ3v) is 3.70. The van der Waals surface area contributed by atoms with Crippen molar-refractivity contribution in [3.05, 3.63) is 29.3 Å². The average molecular weight is 320 g/mol. The Bertz CT molecular complexity index is 848. The van der Waals surface area contributed by atoms with Crippen LogP contribution in [0.15, 0.2) is 24.3 Å². The molecule has 2 aromatic heterocycles. The second kappa shape index (κ2) is 5.76. The third kappa shape index (κ3) is 2.43. The molecule has 3 aromatic rings. The summed E-state index contributed by atoms with van der Waals surface area (Å²) in [6.45, 7) is 2.41. The van der Waals surface area contributed by atoms with Gasteiger partial charge in [-0.05, 0) is 35.0 Å². The van der Waals surface area contributed by atoms with E-state index in [4.69, 9.17) is 11.6 Å². The molecular weight excluding hydrogens is 306 g/mol. The summed E-state index contributed by atoms with van der Waals surface area (Å²) in [5.74, 6) is 0. The number of hydrogen-bond acceptors (Lipinski definition) is 4. The Labute approximate surface area is 131 Å². The van der Waals surface area contributed by atoms with E-state index in [0.717, 1.165) is 23.7 Å². The van der Waals surface area contributed by atoms with Crippen molar-refractivity contribution in [1.29, 1.82) is 0 Å². The fraction of sp³-hybridized carbons (Fsp3) is 0.286. The molecule has 0 atom stereocenters. The SMILES string of the molecule is CCCCN(C(=O)O)c1cc2ccc(Cl)cc2n2nnnc12. The summed E-state index contributed by atoms with van der Waals surface area (Å²) in [6, 6.07) is 7.10. The minimum atomic E-state index is -1.02. The van der Waals surface area contributed by atoms with Gasteiger partial charge in [-0.25, -0.2) is 4.79 Å². The van der Waals surface area contributed by atoms with Crippen molar-refractivity contribution in [3.8, 4) is 0 Å². The van der Waals surface area contributed by atoms with E-state index >= 15 is 0 Å². The molecule has 0 aliphatic heterocycles. The maximum Gasteiger partial charge on any atom is 0.411 e. The van der Waals surface area contributed by atoms with Gasteiger partial charge in [0.2, 0.25) is 5.65 Å². The van der Waals surface area contributed by atoms with E-state index in [2.05, 4.69) is 15.5 Å². The molecule has 3 rings (SSSR count). The Kier molecular flexibility index (Phi) is 3.81. The van der Waals surface area contributed by atoms with Crippen molar-refractivity contribution >= 4 is 39.9 Å². The van der Waals surface area contributed by atoms with Gasteiger partial charge in [-0.15, -0.1) is 5.10 Å². The van der Waals surface area contributed by atoms with E-state index in [1.165, 1.54) is 9.42 Å². The van der Waals surface area contributed by atoms with E-state index in [-0.39, 0.29) is 0 Å². The van der Waals surface area contributed by atoms with Gasteiger partial charge in [0.15, 0.2) is 0 Å². The van der Waals surface area contributed by atoms with Crippen LogP contribution in [0.5, 0.6) is 0 Å². The van der Waals surface area contributed by atoms with E-state index in [1.807, 2.05) is 13.0 Å². The van der Waals surface area contributed by atoms with Crippen LogP contribution >= 0.6 is 11.6 Å². The molecule has 0 spiro atoms. The van der Waals surface area contributed by atoms with Crippen LogP contribution in [0.25, 0.3) is 16.6 Å². The topological polar surface area (TPSA) is 83.6 Å². The minimum absolute atomic E-state index is 0.396. The van der Waals surface area contributed by atoms with Crippen LogP contribution in [0.2, 0.25) is 5.02 Å². The van der Waals surface area contributed by atoms with E-state index in [9.17, 15) is 9.90 Å². The van der Waals surface area contributed by atoms with Crippen molar-refractivity contribution in [2.24, 2.45) is 0 Å². The van der Waals surface area contributed by atoms with Gasteiger partial charge < -0.3 is 5.11 Å². The number of amides is 1. The number of unbranched alkanes of at least 4 members (excludes halogenated alkanes) is 1. The first-order valence-corrected chi connectivity index (χ1v) is 7.30. The number of halogens is 1. The largest absolute Gasteiger partial charge is 0.465 e. The summed E-state index contributed by atoms with van der Waals surface area (Å²) in [7, 11) is 0. The Balaban J connectivity index is 2.25. The quantitative estimate of drug-likeness (QED) is 0.798. The normalized spacial score (nSPS) is 11.2. The highest BCUT2D eigenvalue weighted by molar-refractivity contribution is 6.31. The molecular formula is C14H14ClN5O2. The molecule has 0 radical (unpaired) electrons. The lowest BCUT2D eigenvalue weighted by atomic mass is 10.2. The predicted octanol–water partition coefficient (Wildman–Crippen LogP) is 3.22. The molecule has 0 unspecified atom stereocenters. The highest BCUT2D eigenvalue weighted by Gasteiger charge is 2.20. The first-order valence-electron chi connectivity index (χ1n) is 6.92. The lowest BCUT2D eigenvalue weighted by Crippen LogP contribution is -2.30. The average Bonchev–Trinajstić information content (AvgIpc) is 2.97. The van der Waals surface area contributed by atoms with Crippen LogP contribution < -0.4 is 4.90 Å². The molecule has 114 valence electrons. The van der Waals surface area contributed by atoms with Crippen LogP contribution in [0.4, 0.5) is 10.5 Å². The number of hydrogen-bond donors (Lipinski definition) is 1. The molecule has 0 fully saturated rings. The molecule has 0 saturated carbocycles. The summed E-state index contributed by atoms with van der Waals surface area (Å²) in [5, 5.41) is 22.5. The molecule has 1 amide bonds. The lowest BCUT2D eigenvalue weighted by molar-refractivity contribution is 0.201. The number of anilines is 1. The fourth-order valence-corrected chi connectivity index (χ4v) is 2.54. The van der Waals surface area contributed by atoms with Gasteiger partial charge in [-0.1, -0.05) is 31.0 Å². The fourth-order valence-electron chi connectivity index (χ4n) is 2.38. The van der Waals surface area contributed by atoms with Crippen molar-refractivity contribution in [1.82, 2.24) is 20.0 Å². The summed E-state index contributed by atoms with van der Waals surface area (Å²) in [6.07, 6.45) is 0.638.